The van der Waals surface area contributed by atoms with Crippen LogP contribution in [0.2, 0.25) is 5.02 Å². The molecule has 1 aromatic carbocycles. The van der Waals surface area contributed by atoms with Crippen LogP contribution in [0.1, 0.15) is 26.6 Å². The molecule has 21 heavy (non-hydrogen) atoms. The molecule has 110 valence electrons. The second-order valence-electron chi connectivity index (χ2n) is 5.63. The second kappa shape index (κ2) is 5.59. The maximum atomic E-state index is 5.92. The summed E-state index contributed by atoms with van der Waals surface area (Å²) < 4.78 is 2.04. The van der Waals surface area contributed by atoms with Crippen molar-refractivity contribution in [3.63, 3.8) is 0 Å². The van der Waals surface area contributed by atoms with E-state index in [0.29, 0.717) is 0 Å². The predicted octanol–water partition coefficient (Wildman–Crippen LogP) is 4.54. The lowest BCUT2D eigenvalue weighted by Crippen LogP contribution is -2.08. The molecule has 7 heteroatoms. The normalized spacial score (nSPS) is 12.2. The average Bonchev–Trinajstić information content (AvgIpc) is 2.96. The first-order valence-electron chi connectivity index (χ1n) is 6.53. The van der Waals surface area contributed by atoms with Gasteiger partial charge in [-0.25, -0.2) is 0 Å². The maximum Gasteiger partial charge on any atom is 0.235 e. The van der Waals surface area contributed by atoms with E-state index in [-0.39, 0.29) is 4.75 Å². The molecule has 0 amide bonds. The second-order valence-corrected chi connectivity index (χ2v) is 8.82. The van der Waals surface area contributed by atoms with Gasteiger partial charge in [-0.05, 0) is 12.1 Å². The van der Waals surface area contributed by atoms with Gasteiger partial charge in [-0.3, -0.25) is 0 Å². The standard InChI is InChI=1S/C14H15ClN4S2/c1-14(2,3)20-8-11-16-17-13-19(11)18-12(21-13)9-4-6-10(15)7-5-9/h4-7H,8H2,1-3H3. The van der Waals surface area contributed by atoms with E-state index in [0.717, 1.165) is 32.1 Å². The number of hydrogen-bond donors (Lipinski definition) is 0. The van der Waals surface area contributed by atoms with Crippen molar-refractivity contribution in [3.05, 3.63) is 35.1 Å². The van der Waals surface area contributed by atoms with E-state index in [1.165, 1.54) is 11.3 Å². The van der Waals surface area contributed by atoms with Gasteiger partial charge < -0.3 is 0 Å². The fraction of sp³-hybridized carbons (Fsp3) is 0.357. The molecular formula is C14H15ClN4S2. The van der Waals surface area contributed by atoms with Crippen LogP contribution >= 0.6 is 34.7 Å². The third kappa shape index (κ3) is 3.39. The summed E-state index contributed by atoms with van der Waals surface area (Å²) in [6, 6.07) is 7.68. The Morgan fingerprint density at radius 1 is 1.19 bits per heavy atom. The Labute approximate surface area is 136 Å². The van der Waals surface area contributed by atoms with E-state index in [9.17, 15) is 0 Å². The number of fused-ring (bicyclic) bond motifs is 1. The Hall–Kier alpha value is -1.11. The van der Waals surface area contributed by atoms with Gasteiger partial charge >= 0.3 is 0 Å². The van der Waals surface area contributed by atoms with Crippen LogP contribution in [0.4, 0.5) is 0 Å². The average molecular weight is 339 g/mol. The van der Waals surface area contributed by atoms with Gasteiger partial charge in [0.2, 0.25) is 4.96 Å². The number of hydrogen-bond acceptors (Lipinski definition) is 5. The minimum Gasteiger partial charge on any atom is -0.186 e. The number of aromatic nitrogens is 4. The van der Waals surface area contributed by atoms with Crippen LogP contribution in [0.15, 0.2) is 24.3 Å². The molecule has 0 saturated carbocycles. The molecule has 0 bridgehead atoms. The fourth-order valence-electron chi connectivity index (χ4n) is 1.74. The Bertz CT molecular complexity index is 755. The zero-order chi connectivity index (χ0) is 15.0. The molecule has 0 saturated heterocycles. The third-order valence-corrected chi connectivity index (χ3v) is 5.25. The van der Waals surface area contributed by atoms with Crippen molar-refractivity contribution in [2.45, 2.75) is 31.3 Å². The highest BCUT2D eigenvalue weighted by Crippen LogP contribution is 2.29. The van der Waals surface area contributed by atoms with Crippen LogP contribution in [0.3, 0.4) is 0 Å². The molecule has 0 radical (unpaired) electrons. The highest BCUT2D eigenvalue weighted by atomic mass is 35.5. The smallest absolute Gasteiger partial charge is 0.186 e. The van der Waals surface area contributed by atoms with Crippen LogP contribution in [0.25, 0.3) is 15.5 Å². The molecule has 0 unspecified atom stereocenters. The molecule has 2 heterocycles. The monoisotopic (exact) mass is 338 g/mol. The first-order valence-corrected chi connectivity index (χ1v) is 8.71. The summed E-state index contributed by atoms with van der Waals surface area (Å²) in [6.45, 7) is 6.57. The Morgan fingerprint density at radius 3 is 2.57 bits per heavy atom. The number of halogens is 1. The van der Waals surface area contributed by atoms with E-state index in [4.69, 9.17) is 11.6 Å². The van der Waals surface area contributed by atoms with E-state index in [1.54, 1.807) is 0 Å². The van der Waals surface area contributed by atoms with E-state index in [1.807, 2.05) is 40.5 Å². The van der Waals surface area contributed by atoms with Crippen molar-refractivity contribution in [3.8, 4) is 10.6 Å². The highest BCUT2D eigenvalue weighted by Gasteiger charge is 2.16. The number of benzene rings is 1. The number of thioether (sulfide) groups is 1. The summed E-state index contributed by atoms with van der Waals surface area (Å²) in [4.78, 5) is 0.824. The number of rotatable bonds is 3. The van der Waals surface area contributed by atoms with Crippen molar-refractivity contribution in [1.82, 2.24) is 19.8 Å². The van der Waals surface area contributed by atoms with Crippen molar-refractivity contribution in [2.75, 3.05) is 0 Å². The molecule has 0 aliphatic carbocycles. The van der Waals surface area contributed by atoms with Crippen molar-refractivity contribution in [1.29, 1.82) is 0 Å². The summed E-state index contributed by atoms with van der Waals surface area (Å²) in [5, 5.41) is 14.7. The minimum absolute atomic E-state index is 0.195. The Morgan fingerprint density at radius 2 is 1.90 bits per heavy atom. The quantitative estimate of drug-likeness (QED) is 0.703. The SMILES string of the molecule is CC(C)(C)SCc1nnc2sc(-c3ccc(Cl)cc3)nn12. The summed E-state index contributed by atoms with van der Waals surface area (Å²) in [5.41, 5.74) is 1.05. The van der Waals surface area contributed by atoms with Gasteiger partial charge in [0, 0.05) is 15.3 Å². The lowest BCUT2D eigenvalue weighted by Gasteiger charge is -2.16. The van der Waals surface area contributed by atoms with Crippen LogP contribution in [0, 0.1) is 0 Å². The highest BCUT2D eigenvalue weighted by molar-refractivity contribution is 7.99. The Kier molecular flexibility index (Phi) is 3.94. The molecule has 4 nitrogen and oxygen atoms in total. The third-order valence-electron chi connectivity index (χ3n) is 2.78. The molecule has 3 rings (SSSR count). The van der Waals surface area contributed by atoms with Crippen molar-refractivity contribution >= 4 is 39.7 Å². The summed E-state index contributed by atoms with van der Waals surface area (Å²) in [6.07, 6.45) is 0. The summed E-state index contributed by atoms with van der Waals surface area (Å²) in [7, 11) is 0. The molecule has 2 aromatic heterocycles. The summed E-state index contributed by atoms with van der Waals surface area (Å²) in [5.74, 6) is 1.69. The van der Waals surface area contributed by atoms with E-state index in [2.05, 4.69) is 36.1 Å². The molecule has 0 N–H and O–H groups in total. The minimum atomic E-state index is 0.195. The van der Waals surface area contributed by atoms with Crippen molar-refractivity contribution in [2.24, 2.45) is 0 Å². The van der Waals surface area contributed by atoms with Gasteiger partial charge in [0.15, 0.2) is 5.82 Å². The zero-order valence-corrected chi connectivity index (χ0v) is 14.4. The van der Waals surface area contributed by atoms with E-state index >= 15 is 0 Å². The molecule has 3 aromatic rings. The largest absolute Gasteiger partial charge is 0.235 e. The van der Waals surface area contributed by atoms with Gasteiger partial charge in [-0.1, -0.05) is 55.8 Å². The summed E-state index contributed by atoms with van der Waals surface area (Å²) >= 11 is 9.29. The zero-order valence-electron chi connectivity index (χ0n) is 12.0. The molecular weight excluding hydrogens is 324 g/mol. The van der Waals surface area contributed by atoms with E-state index < -0.39 is 0 Å². The van der Waals surface area contributed by atoms with Gasteiger partial charge in [-0.15, -0.1) is 22.0 Å². The van der Waals surface area contributed by atoms with Gasteiger partial charge in [0.1, 0.15) is 5.01 Å². The first-order chi connectivity index (χ1) is 9.92. The molecule has 0 aliphatic heterocycles. The lowest BCUT2D eigenvalue weighted by atomic mass is 10.2. The number of nitrogens with zero attached hydrogens (tertiary/aromatic N) is 4. The van der Waals surface area contributed by atoms with Crippen LogP contribution in [0.5, 0.6) is 0 Å². The molecule has 0 atom stereocenters. The maximum absolute atomic E-state index is 5.92. The van der Waals surface area contributed by atoms with Gasteiger partial charge in [0.05, 0.1) is 5.75 Å². The fourth-order valence-corrected chi connectivity index (χ4v) is 3.47. The van der Waals surface area contributed by atoms with Crippen molar-refractivity contribution < 1.29 is 0 Å². The van der Waals surface area contributed by atoms with Crippen LogP contribution < -0.4 is 0 Å². The predicted molar refractivity (Wildman–Crippen MR) is 90.2 cm³/mol. The van der Waals surface area contributed by atoms with Gasteiger partial charge in [-0.2, -0.15) is 9.61 Å². The molecule has 0 spiro atoms. The first kappa shape index (κ1) is 14.8. The van der Waals surface area contributed by atoms with Gasteiger partial charge in [0.25, 0.3) is 0 Å². The lowest BCUT2D eigenvalue weighted by molar-refractivity contribution is 0.796. The molecule has 0 fully saturated rings. The molecule has 0 aliphatic rings. The Balaban J connectivity index is 1.90. The van der Waals surface area contributed by atoms with Crippen LogP contribution in [-0.4, -0.2) is 24.6 Å². The topological polar surface area (TPSA) is 43.1 Å². The van der Waals surface area contributed by atoms with Crippen LogP contribution in [-0.2, 0) is 5.75 Å².